The maximum Gasteiger partial charge on any atom is 0.0785 e. The molecule has 0 aliphatic carbocycles. The predicted molar refractivity (Wildman–Crippen MR) is 56.4 cm³/mol. The van der Waals surface area contributed by atoms with E-state index in [0.29, 0.717) is 12.6 Å². The predicted octanol–water partition coefficient (Wildman–Crippen LogP) is 3.25. The maximum atomic E-state index is 9.50. The second kappa shape index (κ2) is 13.5. The van der Waals surface area contributed by atoms with E-state index < -0.39 is 0 Å². The monoisotopic (exact) mass is 179 g/mol. The summed E-state index contributed by atoms with van der Waals surface area (Å²) >= 11 is 0. The Morgan fingerprint density at radius 1 is 1.17 bits per heavy atom. The number of halogens is 1. The molecule has 0 aromatic carbocycles. The quantitative estimate of drug-likeness (QED) is 0.701. The van der Waals surface area contributed by atoms with Crippen LogP contribution in [0, 0.1) is 5.41 Å². The van der Waals surface area contributed by atoms with Gasteiger partial charge in [0.15, 0.2) is 0 Å². The van der Waals surface area contributed by atoms with Gasteiger partial charge >= 0.3 is 0 Å². The molecule has 0 aromatic heterocycles. The van der Waals surface area contributed by atoms with Crippen molar-refractivity contribution < 1.29 is 4.39 Å². The van der Waals surface area contributed by atoms with Gasteiger partial charge in [0.2, 0.25) is 0 Å². The Kier molecular flexibility index (Phi) is 20.0. The molecule has 0 rings (SSSR count). The minimum atomic E-state index is 0.481. The van der Waals surface area contributed by atoms with E-state index in [-0.39, 0.29) is 0 Å². The van der Waals surface area contributed by atoms with Crippen LogP contribution in [0.25, 0.3) is 0 Å². The van der Waals surface area contributed by atoms with Crippen molar-refractivity contribution in [3.8, 4) is 0 Å². The van der Waals surface area contributed by atoms with Crippen molar-refractivity contribution in [2.75, 3.05) is 20.8 Å². The summed E-state index contributed by atoms with van der Waals surface area (Å²) < 4.78 is 9.50. The van der Waals surface area contributed by atoms with E-state index in [1.165, 1.54) is 6.42 Å². The summed E-state index contributed by atoms with van der Waals surface area (Å²) in [6.07, 6.45) is 1.24. The SMILES string of the molecule is CC.CCC(C)(C)CNC.CF. The molecule has 0 radical (unpaired) electrons. The Balaban J connectivity index is -0.000000175. The summed E-state index contributed by atoms with van der Waals surface area (Å²) in [5.74, 6) is 0. The van der Waals surface area contributed by atoms with Gasteiger partial charge in [-0.15, -0.1) is 0 Å². The van der Waals surface area contributed by atoms with Crippen LogP contribution in [0.2, 0.25) is 0 Å². The van der Waals surface area contributed by atoms with Gasteiger partial charge in [0.05, 0.1) is 7.18 Å². The molecule has 0 heterocycles. The van der Waals surface area contributed by atoms with Gasteiger partial charge in [0, 0.05) is 0 Å². The van der Waals surface area contributed by atoms with Crippen molar-refractivity contribution >= 4 is 0 Å². The van der Waals surface area contributed by atoms with Gasteiger partial charge in [-0.3, -0.25) is 4.39 Å². The fraction of sp³-hybridized carbons (Fsp3) is 1.00. The highest BCUT2D eigenvalue weighted by Gasteiger charge is 2.11. The standard InChI is InChI=1S/C7H17N.C2H6.CH3F/c1-5-7(2,3)6-8-4;2*1-2/h8H,5-6H2,1-4H3;1-2H3;1H3. The summed E-state index contributed by atoms with van der Waals surface area (Å²) in [5.41, 5.74) is 0.481. The van der Waals surface area contributed by atoms with Crippen LogP contribution in [0.1, 0.15) is 41.0 Å². The Bertz CT molecular complexity index is 62.9. The summed E-state index contributed by atoms with van der Waals surface area (Å²) in [4.78, 5) is 0. The molecular formula is C10H26FN. The molecule has 0 bridgehead atoms. The molecule has 78 valence electrons. The molecule has 0 atom stereocenters. The Morgan fingerprint density at radius 2 is 1.50 bits per heavy atom. The van der Waals surface area contributed by atoms with Crippen LogP contribution in [0.4, 0.5) is 4.39 Å². The first-order valence-corrected chi connectivity index (χ1v) is 4.65. The molecule has 0 spiro atoms. The zero-order valence-electron chi connectivity index (χ0n) is 9.79. The smallest absolute Gasteiger partial charge is 0.0785 e. The van der Waals surface area contributed by atoms with Gasteiger partial charge in [0.1, 0.15) is 0 Å². The van der Waals surface area contributed by atoms with Gasteiger partial charge in [-0.25, -0.2) is 0 Å². The van der Waals surface area contributed by atoms with Crippen molar-refractivity contribution in [3.05, 3.63) is 0 Å². The molecule has 0 fully saturated rings. The summed E-state index contributed by atoms with van der Waals surface area (Å²) in [7, 11) is 2.50. The number of rotatable bonds is 3. The molecule has 1 nitrogen and oxygen atoms in total. The van der Waals surface area contributed by atoms with Gasteiger partial charge in [-0.05, 0) is 25.4 Å². The van der Waals surface area contributed by atoms with E-state index >= 15 is 0 Å². The van der Waals surface area contributed by atoms with Crippen LogP contribution in [-0.4, -0.2) is 20.8 Å². The fourth-order valence-corrected chi connectivity index (χ4v) is 0.604. The summed E-state index contributed by atoms with van der Waals surface area (Å²) in [6, 6.07) is 0. The van der Waals surface area contributed by atoms with Crippen LogP contribution in [0.3, 0.4) is 0 Å². The highest BCUT2D eigenvalue weighted by molar-refractivity contribution is 4.67. The van der Waals surface area contributed by atoms with Crippen molar-refractivity contribution in [1.29, 1.82) is 0 Å². The average molecular weight is 179 g/mol. The zero-order chi connectivity index (χ0) is 10.6. The lowest BCUT2D eigenvalue weighted by atomic mass is 9.90. The van der Waals surface area contributed by atoms with Crippen LogP contribution in [-0.2, 0) is 0 Å². The highest BCUT2D eigenvalue weighted by atomic mass is 19.1. The lowest BCUT2D eigenvalue weighted by molar-refractivity contribution is 0.339. The minimum absolute atomic E-state index is 0.481. The van der Waals surface area contributed by atoms with E-state index in [4.69, 9.17) is 0 Å². The van der Waals surface area contributed by atoms with Crippen molar-refractivity contribution in [1.82, 2.24) is 5.32 Å². The van der Waals surface area contributed by atoms with E-state index in [0.717, 1.165) is 6.54 Å². The van der Waals surface area contributed by atoms with E-state index in [1.807, 2.05) is 20.9 Å². The van der Waals surface area contributed by atoms with Crippen molar-refractivity contribution in [3.63, 3.8) is 0 Å². The Labute approximate surface area is 77.8 Å². The zero-order valence-corrected chi connectivity index (χ0v) is 9.79. The second-order valence-corrected chi connectivity index (χ2v) is 3.05. The molecule has 0 aliphatic rings. The van der Waals surface area contributed by atoms with Crippen LogP contribution >= 0.6 is 0 Å². The van der Waals surface area contributed by atoms with E-state index in [1.54, 1.807) is 0 Å². The number of nitrogens with one attached hydrogen (secondary N) is 1. The third-order valence-electron chi connectivity index (χ3n) is 1.61. The lowest BCUT2D eigenvalue weighted by Crippen LogP contribution is -2.25. The van der Waals surface area contributed by atoms with E-state index in [9.17, 15) is 4.39 Å². The minimum Gasteiger partial charge on any atom is -0.319 e. The molecule has 0 saturated heterocycles. The molecule has 0 amide bonds. The number of hydrogen-bond acceptors (Lipinski definition) is 1. The van der Waals surface area contributed by atoms with Gasteiger partial charge in [-0.1, -0.05) is 34.6 Å². The van der Waals surface area contributed by atoms with Crippen LogP contribution in [0.15, 0.2) is 0 Å². The average Bonchev–Trinajstić information content (AvgIpc) is 2.12. The third kappa shape index (κ3) is 16.5. The number of hydrogen-bond donors (Lipinski definition) is 1. The molecule has 0 aromatic rings. The summed E-state index contributed by atoms with van der Waals surface area (Å²) in [6.45, 7) is 11.9. The molecule has 0 unspecified atom stereocenters. The largest absolute Gasteiger partial charge is 0.319 e. The molecular weight excluding hydrogens is 153 g/mol. The first kappa shape index (κ1) is 17.8. The highest BCUT2D eigenvalue weighted by Crippen LogP contribution is 2.16. The van der Waals surface area contributed by atoms with Crippen LogP contribution < -0.4 is 5.32 Å². The van der Waals surface area contributed by atoms with Gasteiger partial charge in [-0.2, -0.15) is 0 Å². The topological polar surface area (TPSA) is 12.0 Å². The molecule has 12 heavy (non-hydrogen) atoms. The van der Waals surface area contributed by atoms with Gasteiger partial charge in [0.25, 0.3) is 0 Å². The van der Waals surface area contributed by atoms with Crippen LogP contribution in [0.5, 0.6) is 0 Å². The maximum absolute atomic E-state index is 9.50. The number of alkyl halides is 1. The van der Waals surface area contributed by atoms with Crippen molar-refractivity contribution in [2.24, 2.45) is 5.41 Å². The molecule has 1 N–H and O–H groups in total. The van der Waals surface area contributed by atoms with Gasteiger partial charge < -0.3 is 5.32 Å². The second-order valence-electron chi connectivity index (χ2n) is 3.05. The first-order chi connectivity index (χ1) is 5.62. The normalized spacial score (nSPS) is 9.00. The lowest BCUT2D eigenvalue weighted by Gasteiger charge is -2.21. The summed E-state index contributed by atoms with van der Waals surface area (Å²) in [5, 5.41) is 3.16. The first-order valence-electron chi connectivity index (χ1n) is 4.65. The fourth-order valence-electron chi connectivity index (χ4n) is 0.604. The molecule has 0 aliphatic heterocycles. The molecule has 2 heteroatoms. The Morgan fingerprint density at radius 3 is 1.58 bits per heavy atom. The molecule has 0 saturated carbocycles. The Hall–Kier alpha value is -0.110. The third-order valence-corrected chi connectivity index (χ3v) is 1.61. The van der Waals surface area contributed by atoms with E-state index in [2.05, 4.69) is 26.1 Å². The van der Waals surface area contributed by atoms with Crippen molar-refractivity contribution in [2.45, 2.75) is 41.0 Å².